The molecule has 4 aliphatic rings. The highest BCUT2D eigenvalue weighted by Gasteiger charge is 2.45. The summed E-state index contributed by atoms with van der Waals surface area (Å²) in [5.41, 5.74) is 25.9. The zero-order valence-electron chi connectivity index (χ0n) is 55.7. The Morgan fingerprint density at radius 2 is 0.670 bits per heavy atom. The number of hydrogen-bond donors (Lipinski definition) is 0. The van der Waals surface area contributed by atoms with Gasteiger partial charge in [-0.25, -0.2) is 0 Å². The van der Waals surface area contributed by atoms with Crippen molar-refractivity contribution in [1.82, 2.24) is 14.1 Å². The van der Waals surface area contributed by atoms with Gasteiger partial charge in [-0.15, -0.1) is 0 Å². The number of hydrogen-bond acceptors (Lipinski definition) is 3. The van der Waals surface area contributed by atoms with Gasteiger partial charge in [0.15, 0.2) is 14.3 Å². The number of benzene rings is 14. The smallest absolute Gasteiger partial charge is 0.172 e. The number of fused-ring (bicyclic) bond motifs is 21. The normalized spacial score (nSPS) is 16.7. The molecule has 0 fully saturated rings. The van der Waals surface area contributed by atoms with Gasteiger partial charge < -0.3 is 18.3 Å². The summed E-state index contributed by atoms with van der Waals surface area (Å²) >= 11 is 0. The molecule has 0 saturated carbocycles. The third kappa shape index (κ3) is 8.16. The van der Waals surface area contributed by atoms with Crippen LogP contribution in [0, 0.1) is 0 Å². The Bertz CT molecular complexity index is 6480. The second-order valence-corrected chi connectivity index (χ2v) is 33.7. The van der Waals surface area contributed by atoms with Crippen LogP contribution in [0.2, 0.25) is 0 Å². The Kier molecular flexibility index (Phi) is 12.6. The van der Waals surface area contributed by atoms with Crippen molar-refractivity contribution in [1.29, 1.82) is 0 Å². The summed E-state index contributed by atoms with van der Waals surface area (Å²) in [7, 11) is -6.31. The molecule has 14 aromatic carbocycles. The standard InChI is InChI=1S/C49H34NOP.C44H31N2OP/c1-49(2)42-29-34(33-21-20-31-12-6-7-13-32(31)28-33)22-24-37(42)38-25-23-35(30-43(38)49)50-44-18-10-8-17-41(44)47-45(50)27-26-40-39-16-9-11-19-46(39)52(51,48(40)47)36-14-4-3-5-15-36;1-44(2)37-26-29(28-22-24-45-25-23-28)16-18-32(37)33-19-17-30(27-38(33)44)46-39-14-8-6-13-36(39)42-40(46)21-20-35-34-12-7-9-15-41(34)48(47,43(35)42)31-10-4-3-5-11-31/h3-30H,1-2H3;3-27H,1-2H3. The molecule has 0 spiro atoms. The van der Waals surface area contributed by atoms with Crippen LogP contribution < -0.4 is 31.8 Å². The summed E-state index contributed by atoms with van der Waals surface area (Å²) in [5.74, 6) is 0. The SMILES string of the molecule is CC1(C)c2cc(-c3ccc4ccccc4c3)ccc2-c2ccc(-n3c4ccccc4c4c5c(ccc43)-c3ccccc3P5(=O)c3ccccc3)cc21.CC1(C)c2cc(-c3ccncc3)ccc2-c2ccc(-n3c4ccccc4c4c5c(ccc43)-c3ccccc3P5(=O)c3ccccc3)cc21. The molecule has 100 heavy (non-hydrogen) atoms. The van der Waals surface area contributed by atoms with E-state index in [-0.39, 0.29) is 10.8 Å². The van der Waals surface area contributed by atoms with Gasteiger partial charge in [-0.3, -0.25) is 4.98 Å². The first kappa shape index (κ1) is 58.7. The molecule has 0 bridgehead atoms. The number of para-hydroxylation sites is 2. The highest BCUT2D eigenvalue weighted by molar-refractivity contribution is 7.87. The zero-order chi connectivity index (χ0) is 67.0. The Morgan fingerprint density at radius 1 is 0.290 bits per heavy atom. The minimum absolute atomic E-state index is 0.186. The molecule has 17 aromatic rings. The summed E-state index contributed by atoms with van der Waals surface area (Å²) in [6.07, 6.45) is 3.71. The van der Waals surface area contributed by atoms with Crippen molar-refractivity contribution >= 4 is 100 Å². The van der Waals surface area contributed by atoms with Gasteiger partial charge in [-0.1, -0.05) is 258 Å². The first-order valence-corrected chi connectivity index (χ1v) is 37.9. The first-order valence-electron chi connectivity index (χ1n) is 34.5. The van der Waals surface area contributed by atoms with Crippen LogP contribution in [-0.4, -0.2) is 14.1 Å². The molecule has 474 valence electrons. The lowest BCUT2D eigenvalue weighted by atomic mass is 9.81. The lowest BCUT2D eigenvalue weighted by Gasteiger charge is -2.23. The van der Waals surface area contributed by atoms with Crippen molar-refractivity contribution in [2.45, 2.75) is 38.5 Å². The fraction of sp³-hybridized carbons (Fsp3) is 0.0645. The van der Waals surface area contributed by atoms with Crippen LogP contribution in [0.5, 0.6) is 0 Å². The van der Waals surface area contributed by atoms with Crippen molar-refractivity contribution in [3.8, 4) is 78.1 Å². The third-order valence-electron chi connectivity index (χ3n) is 22.5. The van der Waals surface area contributed by atoms with E-state index in [9.17, 15) is 0 Å². The lowest BCUT2D eigenvalue weighted by molar-refractivity contribution is 0.592. The van der Waals surface area contributed by atoms with Crippen LogP contribution in [0.3, 0.4) is 0 Å². The van der Waals surface area contributed by atoms with Crippen LogP contribution in [0.1, 0.15) is 49.9 Å². The van der Waals surface area contributed by atoms with E-state index in [1.807, 2.05) is 85.2 Å². The summed E-state index contributed by atoms with van der Waals surface area (Å²) in [4.78, 5) is 4.22. The van der Waals surface area contributed by atoms with E-state index >= 15 is 9.13 Å². The summed E-state index contributed by atoms with van der Waals surface area (Å²) in [5, 5.41) is 12.5. The quantitative estimate of drug-likeness (QED) is 0.156. The number of nitrogens with zero attached hydrogens (tertiary/aromatic N) is 3. The fourth-order valence-corrected chi connectivity index (χ4v) is 24.3. The van der Waals surface area contributed by atoms with Gasteiger partial charge in [-0.2, -0.15) is 0 Å². The summed E-state index contributed by atoms with van der Waals surface area (Å²) < 4.78 is 36.3. The summed E-state index contributed by atoms with van der Waals surface area (Å²) in [6, 6.07) is 110. The molecule has 0 amide bonds. The Morgan fingerprint density at radius 3 is 1.17 bits per heavy atom. The van der Waals surface area contributed by atoms with Gasteiger partial charge in [0.05, 0.1) is 22.1 Å². The average molecular weight is 1320 g/mol. The van der Waals surface area contributed by atoms with Gasteiger partial charge in [-0.05, 0) is 179 Å². The topological polar surface area (TPSA) is 56.9 Å². The van der Waals surface area contributed by atoms with Crippen molar-refractivity contribution in [2.75, 3.05) is 0 Å². The molecule has 5 nitrogen and oxygen atoms in total. The van der Waals surface area contributed by atoms with Gasteiger partial charge in [0.25, 0.3) is 0 Å². The molecule has 7 heteroatoms. The molecule has 2 unspecified atom stereocenters. The molecule has 5 heterocycles. The molecular formula is C93H65N3O2P2. The molecule has 0 radical (unpaired) electrons. The lowest BCUT2D eigenvalue weighted by Crippen LogP contribution is -2.21. The Labute approximate surface area is 580 Å². The third-order valence-corrected chi connectivity index (χ3v) is 28.9. The molecular weight excluding hydrogens is 1250 g/mol. The molecule has 21 rings (SSSR count). The Balaban J connectivity index is 0.000000135. The van der Waals surface area contributed by atoms with E-state index in [0.717, 1.165) is 109 Å². The number of rotatable bonds is 6. The highest BCUT2D eigenvalue weighted by atomic mass is 31.2. The molecule has 2 aliphatic carbocycles. The highest BCUT2D eigenvalue weighted by Crippen LogP contribution is 2.59. The van der Waals surface area contributed by atoms with Crippen molar-refractivity contribution < 1.29 is 9.13 Å². The van der Waals surface area contributed by atoms with E-state index in [1.54, 1.807) is 0 Å². The zero-order valence-corrected chi connectivity index (χ0v) is 57.4. The second-order valence-electron chi connectivity index (χ2n) is 28.4. The number of aromatic nitrogens is 3. The molecule has 2 aliphatic heterocycles. The average Bonchev–Trinajstić information content (AvgIpc) is 1.54. The van der Waals surface area contributed by atoms with Crippen LogP contribution in [0.15, 0.2) is 322 Å². The molecule has 0 N–H and O–H groups in total. The van der Waals surface area contributed by atoms with Crippen molar-refractivity contribution in [3.05, 3.63) is 344 Å². The molecule has 0 saturated heterocycles. The Hall–Kier alpha value is -11.5. The number of pyridine rings is 1. The predicted molar refractivity (Wildman–Crippen MR) is 420 cm³/mol. The van der Waals surface area contributed by atoms with E-state index < -0.39 is 14.3 Å². The summed E-state index contributed by atoms with van der Waals surface area (Å²) in [6.45, 7) is 9.39. The van der Waals surface area contributed by atoms with Crippen LogP contribution in [0.25, 0.3) is 133 Å². The maximum Gasteiger partial charge on any atom is 0.172 e. The van der Waals surface area contributed by atoms with Crippen molar-refractivity contribution in [2.24, 2.45) is 0 Å². The van der Waals surface area contributed by atoms with Crippen LogP contribution >= 0.6 is 14.3 Å². The fourth-order valence-electron chi connectivity index (χ4n) is 17.7. The molecule has 3 aromatic heterocycles. The predicted octanol–water partition coefficient (Wildman–Crippen LogP) is 21.3. The van der Waals surface area contributed by atoms with Crippen LogP contribution in [0.4, 0.5) is 0 Å². The van der Waals surface area contributed by atoms with E-state index in [4.69, 9.17) is 0 Å². The maximum atomic E-state index is 15.8. The monoisotopic (exact) mass is 1320 g/mol. The maximum absolute atomic E-state index is 15.8. The van der Waals surface area contributed by atoms with Gasteiger partial charge in [0, 0.05) is 88.0 Å². The largest absolute Gasteiger partial charge is 0.309 e. The minimum Gasteiger partial charge on any atom is -0.309 e. The van der Waals surface area contributed by atoms with E-state index in [2.05, 4.69) is 278 Å². The van der Waals surface area contributed by atoms with Crippen LogP contribution in [-0.2, 0) is 20.0 Å². The van der Waals surface area contributed by atoms with Gasteiger partial charge in [0.2, 0.25) is 0 Å². The van der Waals surface area contributed by atoms with E-state index in [1.165, 1.54) is 77.5 Å². The van der Waals surface area contributed by atoms with Gasteiger partial charge >= 0.3 is 0 Å². The van der Waals surface area contributed by atoms with Crippen molar-refractivity contribution in [3.63, 3.8) is 0 Å². The van der Waals surface area contributed by atoms with E-state index in [0.29, 0.717) is 0 Å². The molecule has 2 atom stereocenters. The second kappa shape index (κ2) is 21.5. The minimum atomic E-state index is -3.16. The van der Waals surface area contributed by atoms with Gasteiger partial charge in [0.1, 0.15) is 0 Å². The first-order chi connectivity index (χ1) is 48.9.